The van der Waals surface area contributed by atoms with Gasteiger partial charge in [-0.05, 0) is 44.4 Å². The predicted molar refractivity (Wildman–Crippen MR) is 81.3 cm³/mol. The third kappa shape index (κ3) is 3.02. The topological polar surface area (TPSA) is 46.3 Å². The Kier molecular flexibility index (Phi) is 4.81. The Labute approximate surface area is 121 Å². The second-order valence-corrected chi connectivity index (χ2v) is 5.29. The predicted octanol–water partition coefficient (Wildman–Crippen LogP) is 2.40. The van der Waals surface area contributed by atoms with E-state index in [0.717, 1.165) is 30.4 Å². The number of benzene rings is 1. The Morgan fingerprint density at radius 1 is 1.45 bits per heavy atom. The van der Waals surface area contributed by atoms with Gasteiger partial charge in [0.15, 0.2) is 0 Å². The minimum absolute atomic E-state index is 0.123. The third-order valence-corrected chi connectivity index (χ3v) is 3.94. The normalized spacial score (nSPS) is 21.4. The molecule has 0 aliphatic carbocycles. The molecule has 3 heteroatoms. The van der Waals surface area contributed by atoms with E-state index in [-0.39, 0.29) is 5.91 Å². The van der Waals surface area contributed by atoms with E-state index < -0.39 is 0 Å². The van der Waals surface area contributed by atoms with Crippen LogP contribution in [-0.2, 0) is 0 Å². The Morgan fingerprint density at radius 2 is 2.25 bits per heavy atom. The molecule has 20 heavy (non-hydrogen) atoms. The number of carbonyl (C=O) groups excluding carboxylic acids is 1. The quantitative estimate of drug-likeness (QED) is 0.839. The number of hydrogen-bond acceptors (Lipinski definition) is 2. The van der Waals surface area contributed by atoms with E-state index in [2.05, 4.69) is 25.7 Å². The average Bonchev–Trinajstić information content (AvgIpc) is 2.85. The standard InChI is InChI=1S/C17H22N2O/c1-3-16-10-9-13(2)19(16)17(20)15-8-4-6-14(12-15)7-5-11-18/h4,6,8,12-13,16H,3,9-11,18H2,1-2H3. The largest absolute Gasteiger partial charge is 0.333 e. The van der Waals surface area contributed by atoms with Crippen molar-refractivity contribution in [2.24, 2.45) is 5.73 Å². The molecule has 3 nitrogen and oxygen atoms in total. The number of amides is 1. The lowest BCUT2D eigenvalue weighted by Gasteiger charge is -2.28. The first-order valence-electron chi connectivity index (χ1n) is 7.29. The molecule has 2 rings (SSSR count). The van der Waals surface area contributed by atoms with Crippen LogP contribution in [0.25, 0.3) is 0 Å². The van der Waals surface area contributed by atoms with Gasteiger partial charge in [-0.1, -0.05) is 24.8 Å². The van der Waals surface area contributed by atoms with Crippen molar-refractivity contribution >= 4 is 5.91 Å². The molecular formula is C17H22N2O. The van der Waals surface area contributed by atoms with Crippen molar-refractivity contribution in [1.29, 1.82) is 0 Å². The first-order chi connectivity index (χ1) is 9.67. The van der Waals surface area contributed by atoms with Gasteiger partial charge in [-0.2, -0.15) is 0 Å². The number of rotatable bonds is 2. The molecule has 2 unspecified atom stereocenters. The van der Waals surface area contributed by atoms with Crippen LogP contribution in [0.1, 0.15) is 49.0 Å². The van der Waals surface area contributed by atoms with E-state index in [9.17, 15) is 4.79 Å². The van der Waals surface area contributed by atoms with Crippen LogP contribution in [0.2, 0.25) is 0 Å². The van der Waals surface area contributed by atoms with Crippen LogP contribution in [0, 0.1) is 11.8 Å². The zero-order chi connectivity index (χ0) is 14.5. The Bertz CT molecular complexity index is 541. The first-order valence-corrected chi connectivity index (χ1v) is 7.29. The minimum atomic E-state index is 0.123. The maximum Gasteiger partial charge on any atom is 0.254 e. The third-order valence-electron chi connectivity index (χ3n) is 3.94. The molecule has 1 heterocycles. The molecule has 2 atom stereocenters. The molecule has 1 saturated heterocycles. The van der Waals surface area contributed by atoms with Gasteiger partial charge in [0, 0.05) is 23.2 Å². The summed E-state index contributed by atoms with van der Waals surface area (Å²) in [6.07, 6.45) is 3.22. The molecule has 106 valence electrons. The highest BCUT2D eigenvalue weighted by atomic mass is 16.2. The van der Waals surface area contributed by atoms with E-state index in [1.165, 1.54) is 0 Å². The van der Waals surface area contributed by atoms with Gasteiger partial charge in [-0.15, -0.1) is 0 Å². The monoisotopic (exact) mass is 270 g/mol. The van der Waals surface area contributed by atoms with Gasteiger partial charge < -0.3 is 10.6 Å². The molecule has 0 bridgehead atoms. The fourth-order valence-corrected chi connectivity index (χ4v) is 2.87. The van der Waals surface area contributed by atoms with Crippen LogP contribution in [0.3, 0.4) is 0 Å². The highest BCUT2D eigenvalue weighted by Gasteiger charge is 2.33. The number of carbonyl (C=O) groups is 1. The molecule has 1 fully saturated rings. The molecule has 1 aliphatic heterocycles. The van der Waals surface area contributed by atoms with Crippen LogP contribution in [0.15, 0.2) is 24.3 Å². The summed E-state index contributed by atoms with van der Waals surface area (Å²) in [7, 11) is 0. The van der Waals surface area contributed by atoms with Gasteiger partial charge >= 0.3 is 0 Å². The van der Waals surface area contributed by atoms with Crippen LogP contribution in [0.4, 0.5) is 0 Å². The summed E-state index contributed by atoms with van der Waals surface area (Å²) in [5.41, 5.74) is 6.95. The summed E-state index contributed by atoms with van der Waals surface area (Å²) < 4.78 is 0. The summed E-state index contributed by atoms with van der Waals surface area (Å²) in [5.74, 6) is 5.93. The molecule has 0 saturated carbocycles. The van der Waals surface area contributed by atoms with E-state index in [1.807, 2.05) is 29.2 Å². The van der Waals surface area contributed by atoms with Crippen LogP contribution in [-0.4, -0.2) is 29.4 Å². The molecule has 1 aliphatic rings. The van der Waals surface area contributed by atoms with Crippen LogP contribution in [0.5, 0.6) is 0 Å². The maximum atomic E-state index is 12.7. The Balaban J connectivity index is 2.24. The van der Waals surface area contributed by atoms with Gasteiger partial charge in [0.25, 0.3) is 5.91 Å². The minimum Gasteiger partial charge on any atom is -0.333 e. The van der Waals surface area contributed by atoms with Crippen molar-refractivity contribution in [1.82, 2.24) is 4.90 Å². The van der Waals surface area contributed by atoms with Gasteiger partial charge in [-0.25, -0.2) is 0 Å². The average molecular weight is 270 g/mol. The Hall–Kier alpha value is -1.79. The molecule has 2 N–H and O–H groups in total. The maximum absolute atomic E-state index is 12.7. The zero-order valence-electron chi connectivity index (χ0n) is 12.2. The molecule has 1 amide bonds. The molecule has 1 aromatic carbocycles. The second kappa shape index (κ2) is 6.58. The van der Waals surface area contributed by atoms with Gasteiger partial charge in [0.05, 0.1) is 6.54 Å². The van der Waals surface area contributed by atoms with Crippen molar-refractivity contribution in [3.8, 4) is 11.8 Å². The van der Waals surface area contributed by atoms with Crippen molar-refractivity contribution in [3.05, 3.63) is 35.4 Å². The highest BCUT2D eigenvalue weighted by Crippen LogP contribution is 2.27. The van der Waals surface area contributed by atoms with Crippen LogP contribution < -0.4 is 5.73 Å². The summed E-state index contributed by atoms with van der Waals surface area (Å²) in [6.45, 7) is 4.61. The van der Waals surface area contributed by atoms with Crippen molar-refractivity contribution in [2.75, 3.05) is 6.54 Å². The van der Waals surface area contributed by atoms with Crippen molar-refractivity contribution < 1.29 is 4.79 Å². The smallest absolute Gasteiger partial charge is 0.254 e. The Morgan fingerprint density at radius 3 is 2.95 bits per heavy atom. The zero-order valence-corrected chi connectivity index (χ0v) is 12.2. The summed E-state index contributed by atoms with van der Waals surface area (Å²) >= 11 is 0. The highest BCUT2D eigenvalue weighted by molar-refractivity contribution is 5.95. The van der Waals surface area contributed by atoms with Crippen molar-refractivity contribution in [2.45, 2.75) is 45.2 Å². The molecule has 0 radical (unpaired) electrons. The van der Waals surface area contributed by atoms with E-state index in [1.54, 1.807) is 0 Å². The van der Waals surface area contributed by atoms with E-state index in [4.69, 9.17) is 5.73 Å². The number of nitrogens with two attached hydrogens (primary N) is 1. The van der Waals surface area contributed by atoms with Gasteiger partial charge in [0.2, 0.25) is 0 Å². The number of nitrogens with zero attached hydrogens (tertiary/aromatic N) is 1. The summed E-state index contributed by atoms with van der Waals surface area (Å²) in [5, 5.41) is 0. The first kappa shape index (κ1) is 14.6. The lowest BCUT2D eigenvalue weighted by atomic mass is 10.1. The molecule has 0 spiro atoms. The fourth-order valence-electron chi connectivity index (χ4n) is 2.87. The number of hydrogen-bond donors (Lipinski definition) is 1. The molecule has 0 aromatic heterocycles. The fraction of sp³-hybridized carbons (Fsp3) is 0.471. The number of likely N-dealkylation sites (tertiary alicyclic amines) is 1. The SMILES string of the molecule is CCC1CCC(C)N1C(=O)c1cccc(C#CCN)c1. The van der Waals surface area contributed by atoms with Gasteiger partial charge in [-0.3, -0.25) is 4.79 Å². The van der Waals surface area contributed by atoms with Crippen molar-refractivity contribution in [3.63, 3.8) is 0 Å². The lowest BCUT2D eigenvalue weighted by Crippen LogP contribution is -2.39. The van der Waals surface area contributed by atoms with E-state index in [0.29, 0.717) is 18.6 Å². The molecule has 1 aromatic rings. The summed E-state index contributed by atoms with van der Waals surface area (Å²) in [4.78, 5) is 14.7. The summed E-state index contributed by atoms with van der Waals surface area (Å²) in [6, 6.07) is 8.22. The van der Waals surface area contributed by atoms with Gasteiger partial charge in [0.1, 0.15) is 0 Å². The van der Waals surface area contributed by atoms with E-state index >= 15 is 0 Å². The molecular weight excluding hydrogens is 248 g/mol. The lowest BCUT2D eigenvalue weighted by molar-refractivity contribution is 0.0676. The second-order valence-electron chi connectivity index (χ2n) is 5.29. The van der Waals surface area contributed by atoms with Crippen LogP contribution >= 0.6 is 0 Å².